The Balaban J connectivity index is 2.05. The number of nitrogens with one attached hydrogen (secondary N) is 1. The quantitative estimate of drug-likeness (QED) is 0.853. The fourth-order valence-electron chi connectivity index (χ4n) is 1.77. The van der Waals surface area contributed by atoms with Crippen molar-refractivity contribution in [2.75, 3.05) is 17.6 Å². The molecule has 2 rings (SSSR count). The Hall–Kier alpha value is -2.18. The van der Waals surface area contributed by atoms with E-state index in [2.05, 4.69) is 25.4 Å². The van der Waals surface area contributed by atoms with Crippen LogP contribution in [-0.2, 0) is 13.5 Å². The molecule has 3 N–H and O–H groups in total. The predicted molar refractivity (Wildman–Crippen MR) is 78.5 cm³/mol. The number of hydrogen-bond acceptors (Lipinski definition) is 6. The fraction of sp³-hybridized carbons (Fsp3) is 0.538. The molecule has 0 bridgehead atoms. The van der Waals surface area contributed by atoms with Crippen molar-refractivity contribution in [3.05, 3.63) is 23.5 Å². The van der Waals surface area contributed by atoms with Crippen LogP contribution in [-0.4, -0.2) is 31.3 Å². The van der Waals surface area contributed by atoms with Gasteiger partial charge in [0.15, 0.2) is 5.82 Å². The van der Waals surface area contributed by atoms with Crippen molar-refractivity contribution >= 4 is 11.6 Å². The van der Waals surface area contributed by atoms with E-state index in [0.29, 0.717) is 12.4 Å². The number of anilines is 2. The zero-order valence-electron chi connectivity index (χ0n) is 12.4. The fourth-order valence-corrected chi connectivity index (χ4v) is 1.77. The highest BCUT2D eigenvalue weighted by atomic mass is 15.3. The van der Waals surface area contributed by atoms with E-state index >= 15 is 0 Å². The second-order valence-corrected chi connectivity index (χ2v) is 5.11. The number of aryl methyl sites for hydroxylation is 1. The molecule has 0 aromatic carbocycles. The summed E-state index contributed by atoms with van der Waals surface area (Å²) in [5, 5.41) is 7.52. The van der Waals surface area contributed by atoms with Crippen molar-refractivity contribution in [1.29, 1.82) is 0 Å². The highest BCUT2D eigenvalue weighted by Crippen LogP contribution is 2.20. The van der Waals surface area contributed by atoms with Crippen LogP contribution in [0.15, 0.2) is 6.33 Å². The van der Waals surface area contributed by atoms with Crippen molar-refractivity contribution < 1.29 is 0 Å². The van der Waals surface area contributed by atoms with Gasteiger partial charge >= 0.3 is 0 Å². The summed E-state index contributed by atoms with van der Waals surface area (Å²) in [6.07, 6.45) is 2.43. The van der Waals surface area contributed by atoms with Gasteiger partial charge < -0.3 is 11.1 Å². The van der Waals surface area contributed by atoms with Crippen molar-refractivity contribution in [3.63, 3.8) is 0 Å². The lowest BCUT2D eigenvalue weighted by Gasteiger charge is -2.13. The first-order valence-electron chi connectivity index (χ1n) is 6.69. The first-order valence-corrected chi connectivity index (χ1v) is 6.69. The molecule has 0 saturated heterocycles. The molecule has 0 unspecified atom stereocenters. The molecular weight excluding hydrogens is 254 g/mol. The van der Waals surface area contributed by atoms with Gasteiger partial charge in [-0.1, -0.05) is 13.8 Å². The van der Waals surface area contributed by atoms with Gasteiger partial charge in [0.2, 0.25) is 0 Å². The van der Waals surface area contributed by atoms with Crippen LogP contribution >= 0.6 is 0 Å². The normalized spacial score (nSPS) is 11.1. The number of hydrogen-bond donors (Lipinski definition) is 2. The lowest BCUT2D eigenvalue weighted by molar-refractivity contribution is 0.740. The van der Waals surface area contributed by atoms with Crippen molar-refractivity contribution in [3.8, 4) is 0 Å². The molecule has 0 aliphatic heterocycles. The molecule has 2 aromatic rings. The summed E-state index contributed by atoms with van der Waals surface area (Å²) in [5.74, 6) is 3.13. The van der Waals surface area contributed by atoms with E-state index in [1.54, 1.807) is 11.0 Å². The Labute approximate surface area is 118 Å². The summed E-state index contributed by atoms with van der Waals surface area (Å²) < 4.78 is 1.69. The van der Waals surface area contributed by atoms with Gasteiger partial charge in [0.05, 0.1) is 0 Å². The maximum absolute atomic E-state index is 5.93. The maximum atomic E-state index is 5.93. The number of nitrogens with zero attached hydrogens (tertiary/aromatic N) is 5. The van der Waals surface area contributed by atoms with E-state index in [4.69, 9.17) is 5.73 Å². The molecule has 20 heavy (non-hydrogen) atoms. The number of nitrogen functional groups attached to an aromatic ring is 1. The summed E-state index contributed by atoms with van der Waals surface area (Å²) in [6, 6.07) is 0. The van der Waals surface area contributed by atoms with Crippen LogP contribution < -0.4 is 11.1 Å². The lowest BCUT2D eigenvalue weighted by atomic mass is 10.2. The van der Waals surface area contributed by atoms with Crippen LogP contribution in [0.2, 0.25) is 0 Å². The first-order chi connectivity index (χ1) is 9.47. The Morgan fingerprint density at radius 1 is 1.35 bits per heavy atom. The molecule has 108 valence electrons. The molecule has 0 saturated carbocycles. The summed E-state index contributed by atoms with van der Waals surface area (Å²) in [7, 11) is 1.86. The third-order valence-electron chi connectivity index (χ3n) is 3.01. The molecule has 2 heterocycles. The van der Waals surface area contributed by atoms with E-state index in [1.165, 1.54) is 0 Å². The molecule has 0 radical (unpaired) electrons. The zero-order chi connectivity index (χ0) is 14.7. The molecule has 0 aliphatic carbocycles. The van der Waals surface area contributed by atoms with Crippen LogP contribution in [0.5, 0.6) is 0 Å². The van der Waals surface area contributed by atoms with E-state index in [1.807, 2.05) is 27.8 Å². The molecule has 7 heteroatoms. The van der Waals surface area contributed by atoms with Crippen LogP contribution in [0.3, 0.4) is 0 Å². The maximum Gasteiger partial charge on any atom is 0.152 e. The monoisotopic (exact) mass is 275 g/mol. The van der Waals surface area contributed by atoms with Gasteiger partial charge in [-0.15, -0.1) is 0 Å². The summed E-state index contributed by atoms with van der Waals surface area (Å²) >= 11 is 0. The predicted octanol–water partition coefficient (Wildman–Crippen LogP) is 1.27. The topological polar surface area (TPSA) is 94.5 Å². The zero-order valence-corrected chi connectivity index (χ0v) is 12.4. The van der Waals surface area contributed by atoms with Crippen LogP contribution in [0.4, 0.5) is 11.6 Å². The van der Waals surface area contributed by atoms with E-state index in [0.717, 1.165) is 29.5 Å². The third kappa shape index (κ3) is 3.23. The van der Waals surface area contributed by atoms with Gasteiger partial charge in [-0.3, -0.25) is 4.68 Å². The molecule has 7 nitrogen and oxygen atoms in total. The van der Waals surface area contributed by atoms with Crippen molar-refractivity contribution in [2.45, 2.75) is 33.1 Å². The van der Waals surface area contributed by atoms with Crippen LogP contribution in [0, 0.1) is 6.92 Å². The van der Waals surface area contributed by atoms with Gasteiger partial charge in [0.1, 0.15) is 23.8 Å². The molecule has 0 spiro atoms. The number of aromatic nitrogens is 5. The van der Waals surface area contributed by atoms with E-state index in [-0.39, 0.29) is 5.92 Å². The van der Waals surface area contributed by atoms with Gasteiger partial charge in [-0.05, 0) is 6.92 Å². The molecule has 0 atom stereocenters. The number of rotatable bonds is 5. The Bertz CT molecular complexity index is 588. The number of nitrogens with two attached hydrogens (primary N) is 1. The smallest absolute Gasteiger partial charge is 0.152 e. The van der Waals surface area contributed by atoms with Gasteiger partial charge in [-0.2, -0.15) is 5.10 Å². The summed E-state index contributed by atoms with van der Waals surface area (Å²) in [5.41, 5.74) is 6.80. The lowest BCUT2D eigenvalue weighted by Crippen LogP contribution is -2.13. The van der Waals surface area contributed by atoms with E-state index < -0.39 is 0 Å². The molecule has 2 aromatic heterocycles. The third-order valence-corrected chi connectivity index (χ3v) is 3.01. The second-order valence-electron chi connectivity index (χ2n) is 5.11. The average molecular weight is 275 g/mol. The minimum absolute atomic E-state index is 0.246. The average Bonchev–Trinajstić information content (AvgIpc) is 2.80. The molecular formula is C13H21N7. The van der Waals surface area contributed by atoms with Crippen LogP contribution in [0.1, 0.15) is 37.0 Å². The van der Waals surface area contributed by atoms with Gasteiger partial charge in [-0.25, -0.2) is 15.0 Å². The highest BCUT2D eigenvalue weighted by molar-refractivity contribution is 5.54. The minimum Gasteiger partial charge on any atom is -0.383 e. The summed E-state index contributed by atoms with van der Waals surface area (Å²) in [6.45, 7) is 6.72. The van der Waals surface area contributed by atoms with E-state index in [9.17, 15) is 0 Å². The van der Waals surface area contributed by atoms with Gasteiger partial charge in [0.25, 0.3) is 0 Å². The first kappa shape index (κ1) is 14.2. The van der Waals surface area contributed by atoms with Gasteiger partial charge in [0, 0.05) is 31.5 Å². The summed E-state index contributed by atoms with van der Waals surface area (Å²) in [4.78, 5) is 13.0. The Morgan fingerprint density at radius 3 is 2.70 bits per heavy atom. The molecule has 0 fully saturated rings. The Morgan fingerprint density at radius 2 is 2.10 bits per heavy atom. The standard InChI is InChI=1S/C13H21N7/c1-8(2)12-17-11(14)9(3)13(18-12)15-6-5-10-16-7-20(4)19-10/h7-8H,5-6H2,1-4H3,(H3,14,15,17,18). The largest absolute Gasteiger partial charge is 0.383 e. The highest BCUT2D eigenvalue weighted by Gasteiger charge is 2.11. The second kappa shape index (κ2) is 5.85. The molecule has 0 aliphatic rings. The van der Waals surface area contributed by atoms with Crippen LogP contribution in [0.25, 0.3) is 0 Å². The minimum atomic E-state index is 0.246. The Kier molecular flexibility index (Phi) is 4.16. The SMILES string of the molecule is Cc1c(N)nc(C(C)C)nc1NCCc1ncn(C)n1. The molecule has 0 amide bonds. The van der Waals surface area contributed by atoms with Crippen molar-refractivity contribution in [1.82, 2.24) is 24.7 Å². The van der Waals surface area contributed by atoms with Crippen molar-refractivity contribution in [2.24, 2.45) is 7.05 Å².